The molecule has 0 fully saturated rings. The third-order valence-corrected chi connectivity index (χ3v) is 4.05. The Bertz CT molecular complexity index is 738. The Morgan fingerprint density at radius 1 is 1.25 bits per heavy atom. The number of amides is 1. The van der Waals surface area contributed by atoms with Gasteiger partial charge in [-0.2, -0.15) is 0 Å². The van der Waals surface area contributed by atoms with Gasteiger partial charge >= 0.3 is 5.97 Å². The minimum atomic E-state index is -1.03. The number of rotatable bonds is 7. The van der Waals surface area contributed by atoms with Gasteiger partial charge in [0.2, 0.25) is 0 Å². The number of nitrogens with one attached hydrogen (secondary N) is 1. The Balaban J connectivity index is 2.06. The lowest BCUT2D eigenvalue weighted by Crippen LogP contribution is -2.28. The van der Waals surface area contributed by atoms with Crippen LogP contribution in [0.15, 0.2) is 34.8 Å². The zero-order chi connectivity index (χ0) is 17.7. The summed E-state index contributed by atoms with van der Waals surface area (Å²) in [5.74, 6) is -1.23. The van der Waals surface area contributed by atoms with Crippen LogP contribution >= 0.6 is 15.9 Å². The molecule has 0 bridgehead atoms. The minimum Gasteiger partial charge on any atom is -0.480 e. The summed E-state index contributed by atoms with van der Waals surface area (Å²) in [5, 5.41) is 11.2. The zero-order valence-corrected chi connectivity index (χ0v) is 15.1. The molecule has 0 atom stereocenters. The average Bonchev–Trinajstić information content (AvgIpc) is 2.82. The molecule has 0 saturated heterocycles. The lowest BCUT2D eigenvalue weighted by atomic mass is 10.2. The first-order valence-corrected chi connectivity index (χ1v) is 8.22. The van der Waals surface area contributed by atoms with Gasteiger partial charge in [0.25, 0.3) is 5.91 Å². The lowest BCUT2D eigenvalue weighted by molar-refractivity contribution is -0.142. The van der Waals surface area contributed by atoms with Crippen LogP contribution in [-0.4, -0.2) is 41.3 Å². The maximum absolute atomic E-state index is 12.3. The van der Waals surface area contributed by atoms with Crippen LogP contribution in [0, 0.1) is 13.8 Å². The summed E-state index contributed by atoms with van der Waals surface area (Å²) in [6.45, 7) is 3.89. The van der Waals surface area contributed by atoms with E-state index in [-0.39, 0.29) is 25.7 Å². The molecule has 0 radical (unpaired) electrons. The second-order valence-corrected chi connectivity index (χ2v) is 6.21. The van der Waals surface area contributed by atoms with E-state index in [4.69, 9.17) is 9.84 Å². The van der Waals surface area contributed by atoms with Gasteiger partial charge in [0.1, 0.15) is 6.61 Å². The quantitative estimate of drug-likeness (QED) is 0.707. The Labute approximate surface area is 148 Å². The highest BCUT2D eigenvalue weighted by Gasteiger charge is 2.16. The molecule has 0 aliphatic heterocycles. The van der Waals surface area contributed by atoms with Crippen molar-refractivity contribution in [2.24, 2.45) is 0 Å². The molecule has 1 heterocycles. The van der Waals surface area contributed by atoms with Crippen LogP contribution in [0.25, 0.3) is 5.69 Å². The topological polar surface area (TPSA) is 80.6 Å². The first kappa shape index (κ1) is 18.2. The largest absolute Gasteiger partial charge is 0.480 e. The maximum atomic E-state index is 12.3. The molecule has 1 amide bonds. The standard InChI is InChI=1S/C17H19BrN2O4/c1-11-9-15(17(23)19-7-8-24-10-16(21)22)12(2)20(11)14-5-3-13(18)4-6-14/h3-6,9H,7-8,10H2,1-2H3,(H,19,23)(H,21,22). The third-order valence-electron chi connectivity index (χ3n) is 3.52. The van der Waals surface area contributed by atoms with E-state index < -0.39 is 5.97 Å². The predicted molar refractivity (Wildman–Crippen MR) is 93.7 cm³/mol. The Kier molecular flexibility index (Phi) is 6.16. The van der Waals surface area contributed by atoms with Crippen LogP contribution < -0.4 is 5.32 Å². The average molecular weight is 395 g/mol. The highest BCUT2D eigenvalue weighted by Crippen LogP contribution is 2.22. The summed E-state index contributed by atoms with van der Waals surface area (Å²) in [6.07, 6.45) is 0. The molecule has 0 spiro atoms. The summed E-state index contributed by atoms with van der Waals surface area (Å²) in [7, 11) is 0. The Morgan fingerprint density at radius 2 is 1.92 bits per heavy atom. The number of halogens is 1. The highest BCUT2D eigenvalue weighted by molar-refractivity contribution is 9.10. The molecule has 1 aromatic heterocycles. The van der Waals surface area contributed by atoms with Crippen LogP contribution in [-0.2, 0) is 9.53 Å². The van der Waals surface area contributed by atoms with Crippen molar-refractivity contribution in [3.8, 4) is 5.69 Å². The first-order chi connectivity index (χ1) is 11.4. The van der Waals surface area contributed by atoms with Gasteiger partial charge in [-0.3, -0.25) is 4.79 Å². The van der Waals surface area contributed by atoms with E-state index in [1.807, 2.05) is 48.7 Å². The zero-order valence-electron chi connectivity index (χ0n) is 13.5. The number of ether oxygens (including phenoxy) is 1. The molecule has 6 nitrogen and oxygen atoms in total. The minimum absolute atomic E-state index is 0.156. The molecule has 0 aliphatic carbocycles. The van der Waals surface area contributed by atoms with E-state index in [1.165, 1.54) is 0 Å². The van der Waals surface area contributed by atoms with Crippen LogP contribution in [0.1, 0.15) is 21.7 Å². The summed E-state index contributed by atoms with van der Waals surface area (Å²) >= 11 is 3.41. The van der Waals surface area contributed by atoms with E-state index in [1.54, 1.807) is 0 Å². The SMILES string of the molecule is Cc1cc(C(=O)NCCOCC(=O)O)c(C)n1-c1ccc(Br)cc1. The normalized spacial score (nSPS) is 10.6. The number of carboxylic acids is 1. The molecule has 24 heavy (non-hydrogen) atoms. The number of aliphatic carboxylic acids is 1. The van der Waals surface area contributed by atoms with E-state index in [0.717, 1.165) is 21.5 Å². The number of nitrogens with zero attached hydrogens (tertiary/aromatic N) is 1. The number of aryl methyl sites for hydroxylation is 1. The number of hydrogen-bond acceptors (Lipinski definition) is 3. The van der Waals surface area contributed by atoms with Crippen LogP contribution in [0.3, 0.4) is 0 Å². The maximum Gasteiger partial charge on any atom is 0.329 e. The number of hydrogen-bond donors (Lipinski definition) is 2. The van der Waals surface area contributed by atoms with Crippen molar-refractivity contribution >= 4 is 27.8 Å². The molecule has 0 aliphatic rings. The summed E-state index contributed by atoms with van der Waals surface area (Å²) < 4.78 is 7.91. The fourth-order valence-corrected chi connectivity index (χ4v) is 2.74. The van der Waals surface area contributed by atoms with Crippen LogP contribution in [0.2, 0.25) is 0 Å². The van der Waals surface area contributed by atoms with Gasteiger partial charge in [-0.15, -0.1) is 0 Å². The molecule has 2 aromatic rings. The predicted octanol–water partition coefficient (Wildman–Crippen LogP) is 2.69. The van der Waals surface area contributed by atoms with E-state index in [0.29, 0.717) is 5.56 Å². The van der Waals surface area contributed by atoms with Crippen molar-refractivity contribution in [3.63, 3.8) is 0 Å². The summed E-state index contributed by atoms with van der Waals surface area (Å²) in [5.41, 5.74) is 3.38. The van der Waals surface area contributed by atoms with Crippen molar-refractivity contribution in [1.82, 2.24) is 9.88 Å². The van der Waals surface area contributed by atoms with E-state index in [2.05, 4.69) is 21.2 Å². The molecule has 128 valence electrons. The molecule has 0 saturated carbocycles. The first-order valence-electron chi connectivity index (χ1n) is 7.42. The number of aromatic nitrogens is 1. The molecule has 1 aromatic carbocycles. The lowest BCUT2D eigenvalue weighted by Gasteiger charge is -2.10. The molecule has 0 unspecified atom stereocenters. The molecular weight excluding hydrogens is 376 g/mol. The number of benzene rings is 1. The fraction of sp³-hybridized carbons (Fsp3) is 0.294. The highest BCUT2D eigenvalue weighted by atomic mass is 79.9. The van der Waals surface area contributed by atoms with Crippen molar-refractivity contribution < 1.29 is 19.4 Å². The van der Waals surface area contributed by atoms with Gasteiger partial charge in [0.15, 0.2) is 0 Å². The van der Waals surface area contributed by atoms with Gasteiger partial charge in [-0.25, -0.2) is 4.79 Å². The number of carbonyl (C=O) groups is 2. The van der Waals surface area contributed by atoms with Crippen molar-refractivity contribution in [1.29, 1.82) is 0 Å². The molecule has 7 heteroatoms. The second-order valence-electron chi connectivity index (χ2n) is 5.30. The van der Waals surface area contributed by atoms with Crippen LogP contribution in [0.5, 0.6) is 0 Å². The third kappa shape index (κ3) is 4.46. The van der Waals surface area contributed by atoms with Crippen molar-refractivity contribution in [2.75, 3.05) is 19.8 Å². The number of carboxylic acid groups (broad SMARTS) is 1. The molecule has 2 N–H and O–H groups in total. The smallest absolute Gasteiger partial charge is 0.329 e. The van der Waals surface area contributed by atoms with E-state index in [9.17, 15) is 9.59 Å². The molecule has 2 rings (SSSR count). The van der Waals surface area contributed by atoms with Gasteiger partial charge < -0.3 is 19.7 Å². The van der Waals surface area contributed by atoms with Crippen molar-refractivity contribution in [3.05, 3.63) is 51.8 Å². The van der Waals surface area contributed by atoms with Crippen LogP contribution in [0.4, 0.5) is 0 Å². The molecular formula is C17H19BrN2O4. The Hall–Kier alpha value is -2.12. The number of carbonyl (C=O) groups excluding carboxylic acids is 1. The van der Waals surface area contributed by atoms with Gasteiger partial charge in [0, 0.05) is 28.1 Å². The monoisotopic (exact) mass is 394 g/mol. The van der Waals surface area contributed by atoms with E-state index >= 15 is 0 Å². The fourth-order valence-electron chi connectivity index (χ4n) is 2.47. The second kappa shape index (κ2) is 8.12. The Morgan fingerprint density at radius 3 is 2.54 bits per heavy atom. The van der Waals surface area contributed by atoms with Gasteiger partial charge in [-0.1, -0.05) is 15.9 Å². The summed E-state index contributed by atoms with van der Waals surface area (Å²) in [6, 6.07) is 9.70. The van der Waals surface area contributed by atoms with Gasteiger partial charge in [-0.05, 0) is 44.2 Å². The van der Waals surface area contributed by atoms with Gasteiger partial charge in [0.05, 0.1) is 12.2 Å². The van der Waals surface area contributed by atoms with Crippen molar-refractivity contribution in [2.45, 2.75) is 13.8 Å². The summed E-state index contributed by atoms with van der Waals surface area (Å²) in [4.78, 5) is 22.7.